The van der Waals surface area contributed by atoms with Crippen LogP contribution in [-0.2, 0) is 0 Å². The summed E-state index contributed by atoms with van der Waals surface area (Å²) in [6.45, 7) is 3.44. The third-order valence-electron chi connectivity index (χ3n) is 5.17. The van der Waals surface area contributed by atoms with Crippen LogP contribution in [0.3, 0.4) is 0 Å². The van der Waals surface area contributed by atoms with Gasteiger partial charge >= 0.3 is 0 Å². The van der Waals surface area contributed by atoms with Crippen LogP contribution in [0, 0.1) is 13.8 Å². The largest absolute Gasteiger partial charge is 0.497 e. The first-order valence-corrected chi connectivity index (χ1v) is 10.4. The molecule has 1 aromatic heterocycles. The molecule has 0 spiro atoms. The number of halogens is 1. The minimum Gasteiger partial charge on any atom is -0.497 e. The van der Waals surface area contributed by atoms with E-state index in [-0.39, 0.29) is 29.3 Å². The molecule has 0 saturated heterocycles. The van der Waals surface area contributed by atoms with Crippen LogP contribution >= 0.6 is 11.6 Å². The number of rotatable bonds is 6. The fraction of sp³-hybridized carbons (Fsp3) is 0.154. The van der Waals surface area contributed by atoms with Gasteiger partial charge in [0, 0.05) is 11.1 Å². The molecule has 32 heavy (non-hydrogen) atoms. The lowest BCUT2D eigenvalue weighted by Gasteiger charge is -2.13. The first-order valence-electron chi connectivity index (χ1n) is 10.0. The maximum Gasteiger partial charge on any atom is 0.235 e. The third-order valence-corrected chi connectivity index (χ3v) is 5.50. The van der Waals surface area contributed by atoms with E-state index in [1.807, 2.05) is 19.9 Å². The van der Waals surface area contributed by atoms with E-state index in [0.29, 0.717) is 32.9 Å². The highest BCUT2D eigenvalue weighted by Gasteiger charge is 2.22. The van der Waals surface area contributed by atoms with E-state index in [1.165, 1.54) is 0 Å². The molecular weight excluding hydrogens is 428 g/mol. The van der Waals surface area contributed by atoms with Crippen molar-refractivity contribution in [2.24, 2.45) is 0 Å². The Morgan fingerprint density at radius 1 is 1.03 bits per heavy atom. The van der Waals surface area contributed by atoms with Crippen molar-refractivity contribution >= 4 is 28.4 Å². The predicted octanol–water partition coefficient (Wildman–Crippen LogP) is 6.00. The summed E-state index contributed by atoms with van der Waals surface area (Å²) in [7, 11) is 1.55. The van der Waals surface area contributed by atoms with Gasteiger partial charge in [0.05, 0.1) is 17.5 Å². The van der Waals surface area contributed by atoms with Gasteiger partial charge in [-0.3, -0.25) is 9.59 Å². The molecule has 162 valence electrons. The summed E-state index contributed by atoms with van der Waals surface area (Å²) in [6, 6.07) is 17.4. The van der Waals surface area contributed by atoms with Crippen LogP contribution in [0.2, 0.25) is 5.02 Å². The number of methoxy groups -OCH3 is 1. The monoisotopic (exact) mass is 448 g/mol. The van der Waals surface area contributed by atoms with Crippen molar-refractivity contribution < 1.29 is 18.7 Å². The zero-order valence-electron chi connectivity index (χ0n) is 17.9. The molecule has 0 atom stereocenters. The number of fused-ring (bicyclic) bond motifs is 1. The van der Waals surface area contributed by atoms with Gasteiger partial charge in [0.25, 0.3) is 0 Å². The second-order valence-electron chi connectivity index (χ2n) is 7.46. The Labute approximate surface area is 190 Å². The summed E-state index contributed by atoms with van der Waals surface area (Å²) in [5, 5.41) is 0.823. The molecule has 4 rings (SSSR count). The predicted molar refractivity (Wildman–Crippen MR) is 125 cm³/mol. The number of ketones is 1. The number of aryl methyl sites for hydroxylation is 2. The molecule has 1 heterocycles. The van der Waals surface area contributed by atoms with Gasteiger partial charge in [-0.25, -0.2) is 0 Å². The number of Topliss-reactive ketones (excluding diaryl/α,β-unsaturated/α-hetero) is 1. The topological polar surface area (TPSA) is 65.7 Å². The lowest BCUT2D eigenvalue weighted by molar-refractivity contribution is 0.0920. The molecule has 0 unspecified atom stereocenters. The second-order valence-corrected chi connectivity index (χ2v) is 7.87. The van der Waals surface area contributed by atoms with Gasteiger partial charge < -0.3 is 13.9 Å². The lowest BCUT2D eigenvalue weighted by Crippen LogP contribution is -2.17. The Bertz CT molecular complexity index is 1370. The zero-order chi connectivity index (χ0) is 22.8. The number of carbonyl (C=O) groups is 1. The maximum absolute atomic E-state index is 13.4. The highest BCUT2D eigenvalue weighted by Crippen LogP contribution is 2.36. The molecule has 0 N–H and O–H groups in total. The molecule has 6 heteroatoms. The van der Waals surface area contributed by atoms with Crippen molar-refractivity contribution in [2.45, 2.75) is 13.8 Å². The molecule has 0 aliphatic heterocycles. The Morgan fingerprint density at radius 2 is 1.75 bits per heavy atom. The zero-order valence-corrected chi connectivity index (χ0v) is 18.7. The minimum absolute atomic E-state index is 0.0422. The summed E-state index contributed by atoms with van der Waals surface area (Å²) in [5.41, 5.74) is 2.79. The van der Waals surface area contributed by atoms with Crippen molar-refractivity contribution in [3.63, 3.8) is 0 Å². The summed E-state index contributed by atoms with van der Waals surface area (Å²) in [5.74, 6) is 0.516. The van der Waals surface area contributed by atoms with Gasteiger partial charge in [-0.2, -0.15) is 0 Å². The summed E-state index contributed by atoms with van der Waals surface area (Å²) in [6.07, 6.45) is 0. The average molecular weight is 449 g/mol. The Morgan fingerprint density at radius 3 is 2.44 bits per heavy atom. The number of hydrogen-bond acceptors (Lipinski definition) is 5. The van der Waals surface area contributed by atoms with Crippen LogP contribution in [0.5, 0.6) is 11.5 Å². The molecule has 0 amide bonds. The van der Waals surface area contributed by atoms with Crippen molar-refractivity contribution in [1.82, 2.24) is 0 Å². The third kappa shape index (κ3) is 4.12. The van der Waals surface area contributed by atoms with Gasteiger partial charge in [0.2, 0.25) is 11.2 Å². The summed E-state index contributed by atoms with van der Waals surface area (Å²) >= 11 is 6.39. The Balaban J connectivity index is 1.80. The first-order chi connectivity index (χ1) is 15.4. The Kier molecular flexibility index (Phi) is 6.01. The highest BCUT2D eigenvalue weighted by atomic mass is 35.5. The molecule has 3 aromatic carbocycles. The Hall–Kier alpha value is -3.57. The van der Waals surface area contributed by atoms with Crippen LogP contribution in [-0.4, -0.2) is 19.5 Å². The molecule has 0 fully saturated rings. The SMILES string of the molecule is COc1ccc(C(=O)COc2c(-c3ccccc3Cl)oc3cc(C)cc(C)c3c2=O)cc1. The number of ether oxygens (including phenoxy) is 2. The van der Waals surface area contributed by atoms with E-state index in [0.717, 1.165) is 11.1 Å². The smallest absolute Gasteiger partial charge is 0.235 e. The molecule has 0 aliphatic carbocycles. The van der Waals surface area contributed by atoms with Crippen LogP contribution < -0.4 is 14.9 Å². The normalized spacial score (nSPS) is 10.9. The van der Waals surface area contributed by atoms with Gasteiger partial charge in [-0.15, -0.1) is 0 Å². The highest BCUT2D eigenvalue weighted by molar-refractivity contribution is 6.33. The van der Waals surface area contributed by atoms with E-state index in [9.17, 15) is 9.59 Å². The van der Waals surface area contributed by atoms with Crippen molar-refractivity contribution in [1.29, 1.82) is 0 Å². The van der Waals surface area contributed by atoms with E-state index in [1.54, 1.807) is 61.7 Å². The summed E-state index contributed by atoms with van der Waals surface area (Å²) in [4.78, 5) is 26.1. The van der Waals surface area contributed by atoms with Crippen molar-refractivity contribution in [2.75, 3.05) is 13.7 Å². The molecular formula is C26H21ClO5. The number of carbonyl (C=O) groups excluding carboxylic acids is 1. The van der Waals surface area contributed by atoms with Gasteiger partial charge in [-0.05, 0) is 67.4 Å². The molecule has 0 saturated carbocycles. The van der Waals surface area contributed by atoms with Gasteiger partial charge in [0.1, 0.15) is 11.3 Å². The van der Waals surface area contributed by atoms with E-state index in [2.05, 4.69) is 0 Å². The lowest BCUT2D eigenvalue weighted by atomic mass is 10.0. The van der Waals surface area contributed by atoms with Gasteiger partial charge in [0.15, 0.2) is 18.2 Å². The molecule has 0 bridgehead atoms. The second kappa shape index (κ2) is 8.89. The van der Waals surface area contributed by atoms with E-state index in [4.69, 9.17) is 25.5 Å². The van der Waals surface area contributed by atoms with E-state index < -0.39 is 0 Å². The van der Waals surface area contributed by atoms with Crippen LogP contribution in [0.25, 0.3) is 22.3 Å². The van der Waals surface area contributed by atoms with Crippen LogP contribution in [0.15, 0.2) is 69.9 Å². The molecule has 4 aromatic rings. The van der Waals surface area contributed by atoms with Gasteiger partial charge in [-0.1, -0.05) is 29.8 Å². The van der Waals surface area contributed by atoms with E-state index >= 15 is 0 Å². The van der Waals surface area contributed by atoms with Crippen molar-refractivity contribution in [3.8, 4) is 22.8 Å². The van der Waals surface area contributed by atoms with Crippen LogP contribution in [0.4, 0.5) is 0 Å². The number of benzene rings is 3. The van der Waals surface area contributed by atoms with Crippen LogP contribution in [0.1, 0.15) is 21.5 Å². The number of hydrogen-bond donors (Lipinski definition) is 0. The minimum atomic E-state index is -0.346. The molecule has 0 aliphatic rings. The first kappa shape index (κ1) is 21.7. The molecule has 5 nitrogen and oxygen atoms in total. The maximum atomic E-state index is 13.4. The van der Waals surface area contributed by atoms with Crippen molar-refractivity contribution in [3.05, 3.63) is 92.6 Å². The average Bonchev–Trinajstić information content (AvgIpc) is 2.78. The fourth-order valence-electron chi connectivity index (χ4n) is 3.62. The quantitative estimate of drug-likeness (QED) is 0.338. The fourth-order valence-corrected chi connectivity index (χ4v) is 3.85. The standard InChI is InChI=1S/C26H21ClO5/c1-15-12-16(2)23-22(13-15)32-25(19-6-4-5-7-20(19)27)26(24(23)29)31-14-21(28)17-8-10-18(30-3)11-9-17/h4-13H,14H2,1-3H3. The summed E-state index contributed by atoms with van der Waals surface area (Å²) < 4.78 is 17.1. The molecule has 0 radical (unpaired) electrons.